The predicted molar refractivity (Wildman–Crippen MR) is 142 cm³/mol. The molecule has 3 aromatic carbocycles. The van der Waals surface area contributed by atoms with Crippen LogP contribution in [0, 0.1) is 10.1 Å². The fourth-order valence-corrected chi connectivity index (χ4v) is 4.56. The normalized spacial score (nSPS) is 15.3. The Kier molecular flexibility index (Phi) is 7.36. The molecule has 0 radical (unpaired) electrons. The van der Waals surface area contributed by atoms with Crippen molar-refractivity contribution in [3.63, 3.8) is 0 Å². The van der Waals surface area contributed by atoms with Gasteiger partial charge in [0.2, 0.25) is 11.8 Å². The molecule has 0 N–H and O–H groups in total. The lowest BCUT2D eigenvalue weighted by atomic mass is 10.1. The van der Waals surface area contributed by atoms with Crippen LogP contribution in [0.25, 0.3) is 22.6 Å². The Balaban J connectivity index is 1.42. The summed E-state index contributed by atoms with van der Waals surface area (Å²) in [6.45, 7) is -0.192. The third kappa shape index (κ3) is 5.05. The van der Waals surface area contributed by atoms with Gasteiger partial charge in [-0.1, -0.05) is 18.2 Å². The average Bonchev–Trinajstić information content (AvgIpc) is 3.54. The van der Waals surface area contributed by atoms with Crippen LogP contribution < -0.4 is 4.90 Å². The van der Waals surface area contributed by atoms with E-state index in [0.29, 0.717) is 28.2 Å². The number of non-ortho nitro benzene ring substituents is 1. The number of nitro benzene ring substituents is 1. The number of nitro groups is 1. The van der Waals surface area contributed by atoms with Gasteiger partial charge in [0.1, 0.15) is 11.6 Å². The second-order valence-corrected chi connectivity index (χ2v) is 8.99. The maximum absolute atomic E-state index is 13.6. The molecule has 3 amide bonds. The molecule has 0 aliphatic carbocycles. The number of aromatic nitrogens is 1. The second kappa shape index (κ2) is 11.0. The van der Waals surface area contributed by atoms with Crippen molar-refractivity contribution in [2.24, 2.45) is 0 Å². The van der Waals surface area contributed by atoms with Gasteiger partial charge in [0.05, 0.1) is 23.6 Å². The Bertz CT molecular complexity index is 1560. The van der Waals surface area contributed by atoms with Crippen molar-refractivity contribution >= 4 is 40.2 Å². The number of hydrogen-bond acceptors (Lipinski definition) is 9. The molecule has 204 valence electrons. The maximum atomic E-state index is 13.6. The number of amides is 3. The SMILES string of the molecule is COC(CN(C(=O)c1cccc([N+](=O)[O-])c1)C1CC(=O)N(c2ccc(-c3nc4ccccc4o3)cc2)C1=O)OC. The van der Waals surface area contributed by atoms with E-state index >= 15 is 0 Å². The first-order valence-corrected chi connectivity index (χ1v) is 12.2. The Morgan fingerprint density at radius 2 is 1.82 bits per heavy atom. The highest BCUT2D eigenvalue weighted by atomic mass is 16.7. The highest BCUT2D eigenvalue weighted by Gasteiger charge is 2.45. The number of carbonyl (C=O) groups is 3. The van der Waals surface area contributed by atoms with Gasteiger partial charge in [-0.25, -0.2) is 9.88 Å². The number of hydrogen-bond donors (Lipinski definition) is 0. The molecule has 1 atom stereocenters. The minimum absolute atomic E-state index is 0.0125. The standard InChI is InChI=1S/C28H24N4O8/c1-38-25(39-2)16-30(27(34)18-6-5-7-20(14-18)32(36)37)22-15-24(33)31(28(22)35)19-12-10-17(11-13-19)26-29-21-8-3-4-9-23(21)40-26/h3-14,22,25H,15-16H2,1-2H3. The van der Waals surface area contributed by atoms with E-state index in [1.165, 1.54) is 32.4 Å². The number of methoxy groups -OCH3 is 2. The van der Waals surface area contributed by atoms with Crippen molar-refractivity contribution in [1.82, 2.24) is 9.88 Å². The Morgan fingerprint density at radius 1 is 1.10 bits per heavy atom. The lowest BCUT2D eigenvalue weighted by Gasteiger charge is -2.30. The summed E-state index contributed by atoms with van der Waals surface area (Å²) >= 11 is 0. The minimum Gasteiger partial charge on any atom is -0.436 e. The summed E-state index contributed by atoms with van der Waals surface area (Å²) in [5.74, 6) is -1.41. The monoisotopic (exact) mass is 544 g/mol. The molecule has 0 saturated carbocycles. The number of carbonyl (C=O) groups excluding carboxylic acids is 3. The van der Waals surface area contributed by atoms with Gasteiger partial charge in [-0.2, -0.15) is 0 Å². The number of imide groups is 1. The smallest absolute Gasteiger partial charge is 0.270 e. The summed E-state index contributed by atoms with van der Waals surface area (Å²) in [7, 11) is 2.74. The van der Waals surface area contributed by atoms with E-state index in [-0.39, 0.29) is 24.2 Å². The maximum Gasteiger partial charge on any atom is 0.270 e. The summed E-state index contributed by atoms with van der Waals surface area (Å²) < 4.78 is 16.3. The molecule has 1 aromatic heterocycles. The van der Waals surface area contributed by atoms with Gasteiger partial charge in [-0.3, -0.25) is 24.5 Å². The lowest BCUT2D eigenvalue weighted by Crippen LogP contribution is -2.49. The number of oxazole rings is 1. The highest BCUT2D eigenvalue weighted by Crippen LogP contribution is 2.30. The fourth-order valence-electron chi connectivity index (χ4n) is 4.56. The van der Waals surface area contributed by atoms with E-state index in [9.17, 15) is 24.5 Å². The molecule has 1 fully saturated rings. The lowest BCUT2D eigenvalue weighted by molar-refractivity contribution is -0.384. The Morgan fingerprint density at radius 3 is 2.50 bits per heavy atom. The van der Waals surface area contributed by atoms with Crippen molar-refractivity contribution in [2.75, 3.05) is 25.7 Å². The summed E-state index contributed by atoms with van der Waals surface area (Å²) in [5, 5.41) is 11.3. The van der Waals surface area contributed by atoms with Gasteiger partial charge >= 0.3 is 0 Å². The van der Waals surface area contributed by atoms with Crippen LogP contribution >= 0.6 is 0 Å². The highest BCUT2D eigenvalue weighted by molar-refractivity contribution is 6.23. The predicted octanol–water partition coefficient (Wildman–Crippen LogP) is 3.80. The van der Waals surface area contributed by atoms with Crippen molar-refractivity contribution in [1.29, 1.82) is 0 Å². The first-order chi connectivity index (χ1) is 19.3. The molecule has 1 aliphatic rings. The zero-order chi connectivity index (χ0) is 28.4. The van der Waals surface area contributed by atoms with Crippen LogP contribution in [0.15, 0.2) is 77.2 Å². The quantitative estimate of drug-likeness (QED) is 0.133. The molecule has 40 heavy (non-hydrogen) atoms. The van der Waals surface area contributed by atoms with Crippen LogP contribution in [0.3, 0.4) is 0 Å². The van der Waals surface area contributed by atoms with Gasteiger partial charge in [-0.05, 0) is 42.5 Å². The molecule has 12 heteroatoms. The molecule has 4 aromatic rings. The van der Waals surface area contributed by atoms with E-state index in [0.717, 1.165) is 15.9 Å². The van der Waals surface area contributed by atoms with Crippen molar-refractivity contribution in [3.8, 4) is 11.5 Å². The van der Waals surface area contributed by atoms with Gasteiger partial charge in [0.15, 0.2) is 11.9 Å². The Labute approximate surface area is 227 Å². The molecule has 5 rings (SSSR count). The molecule has 2 heterocycles. The van der Waals surface area contributed by atoms with Crippen LogP contribution in [-0.4, -0.2) is 65.6 Å². The number of fused-ring (bicyclic) bond motifs is 1. The van der Waals surface area contributed by atoms with Crippen LogP contribution in [0.2, 0.25) is 0 Å². The number of anilines is 1. The molecule has 0 bridgehead atoms. The largest absolute Gasteiger partial charge is 0.436 e. The van der Waals surface area contributed by atoms with Crippen molar-refractivity contribution < 1.29 is 33.2 Å². The number of para-hydroxylation sites is 2. The Hall–Kier alpha value is -4.94. The van der Waals surface area contributed by atoms with Gasteiger partial charge < -0.3 is 18.8 Å². The van der Waals surface area contributed by atoms with Gasteiger partial charge in [-0.15, -0.1) is 0 Å². The van der Waals surface area contributed by atoms with Crippen LogP contribution in [0.4, 0.5) is 11.4 Å². The number of ether oxygens (including phenoxy) is 2. The third-order valence-corrected chi connectivity index (χ3v) is 6.60. The molecule has 1 aliphatic heterocycles. The van der Waals surface area contributed by atoms with Crippen LogP contribution in [-0.2, 0) is 19.1 Å². The number of nitrogens with zero attached hydrogens (tertiary/aromatic N) is 4. The second-order valence-electron chi connectivity index (χ2n) is 8.99. The number of benzene rings is 3. The zero-order valence-corrected chi connectivity index (χ0v) is 21.6. The molecule has 1 saturated heterocycles. The van der Waals surface area contributed by atoms with E-state index in [1.54, 1.807) is 30.3 Å². The zero-order valence-electron chi connectivity index (χ0n) is 21.6. The van der Waals surface area contributed by atoms with Gasteiger partial charge in [0, 0.05) is 37.5 Å². The van der Waals surface area contributed by atoms with E-state index in [4.69, 9.17) is 13.9 Å². The third-order valence-electron chi connectivity index (χ3n) is 6.60. The fraction of sp³-hybridized carbons (Fsp3) is 0.214. The summed E-state index contributed by atoms with van der Waals surface area (Å²) in [4.78, 5) is 57.5. The van der Waals surface area contributed by atoms with Crippen molar-refractivity contribution in [3.05, 3.63) is 88.5 Å². The average molecular weight is 545 g/mol. The molecular weight excluding hydrogens is 520 g/mol. The van der Waals surface area contributed by atoms with Crippen LogP contribution in [0.1, 0.15) is 16.8 Å². The van der Waals surface area contributed by atoms with Gasteiger partial charge in [0.25, 0.3) is 17.5 Å². The first kappa shape index (κ1) is 26.7. The van der Waals surface area contributed by atoms with E-state index < -0.39 is 35.0 Å². The first-order valence-electron chi connectivity index (χ1n) is 12.2. The van der Waals surface area contributed by atoms with E-state index in [2.05, 4.69) is 4.98 Å². The van der Waals surface area contributed by atoms with Crippen LogP contribution in [0.5, 0.6) is 0 Å². The van der Waals surface area contributed by atoms with E-state index in [1.807, 2.05) is 18.2 Å². The molecular formula is C28H24N4O8. The summed E-state index contributed by atoms with van der Waals surface area (Å²) in [6, 6.07) is 17.9. The number of rotatable bonds is 9. The topological polar surface area (TPSA) is 145 Å². The summed E-state index contributed by atoms with van der Waals surface area (Å²) in [6.07, 6.45) is -1.19. The summed E-state index contributed by atoms with van der Waals surface area (Å²) in [5.41, 5.74) is 2.01. The molecule has 12 nitrogen and oxygen atoms in total. The molecule has 1 unspecified atom stereocenters. The van der Waals surface area contributed by atoms with Crippen molar-refractivity contribution in [2.45, 2.75) is 18.8 Å². The molecule has 0 spiro atoms. The minimum atomic E-state index is -1.18.